The summed E-state index contributed by atoms with van der Waals surface area (Å²) >= 11 is 0. The molecule has 0 aliphatic rings. The van der Waals surface area contributed by atoms with Crippen LogP contribution in [0.4, 0.5) is 16.0 Å². The van der Waals surface area contributed by atoms with Crippen LogP contribution in [-0.2, 0) is 11.8 Å². The van der Waals surface area contributed by atoms with Crippen molar-refractivity contribution in [1.82, 2.24) is 24.4 Å². The largest absolute Gasteiger partial charge is 0.436 e. The maximum Gasteiger partial charge on any atom is 0.248 e. The van der Waals surface area contributed by atoms with E-state index >= 15 is 0 Å². The first-order valence-corrected chi connectivity index (χ1v) is 8.48. The second-order valence-electron chi connectivity index (χ2n) is 6.19. The summed E-state index contributed by atoms with van der Waals surface area (Å²) in [4.78, 5) is 15.7. The third kappa shape index (κ3) is 3.63. The van der Waals surface area contributed by atoms with Crippen molar-refractivity contribution in [3.05, 3.63) is 66.8 Å². The van der Waals surface area contributed by atoms with Crippen LogP contribution < -0.4 is 15.8 Å². The number of primary amides is 1. The SMILES string of the molecule is C=C(C(N)=O)c1ccc(F)c(Oc2cccc3nc(Nc4cnn(C)c4)nn23)c1. The molecule has 146 valence electrons. The van der Waals surface area contributed by atoms with E-state index in [9.17, 15) is 9.18 Å². The van der Waals surface area contributed by atoms with Crippen molar-refractivity contribution in [2.24, 2.45) is 12.8 Å². The van der Waals surface area contributed by atoms with Crippen LogP contribution in [0.1, 0.15) is 5.56 Å². The predicted octanol–water partition coefficient (Wildman–Crippen LogP) is 2.64. The molecule has 0 bridgehead atoms. The van der Waals surface area contributed by atoms with Gasteiger partial charge in [0.2, 0.25) is 17.7 Å². The molecule has 9 nitrogen and oxygen atoms in total. The zero-order chi connectivity index (χ0) is 20.5. The number of aryl methyl sites for hydroxylation is 1. The van der Waals surface area contributed by atoms with E-state index < -0.39 is 11.7 Å². The first-order valence-electron chi connectivity index (χ1n) is 8.48. The van der Waals surface area contributed by atoms with Crippen molar-refractivity contribution >= 4 is 28.8 Å². The number of ether oxygens (including phenoxy) is 1. The molecule has 29 heavy (non-hydrogen) atoms. The molecule has 0 unspecified atom stereocenters. The van der Waals surface area contributed by atoms with Gasteiger partial charge in [0.05, 0.1) is 11.9 Å². The van der Waals surface area contributed by atoms with Crippen LogP contribution in [0.2, 0.25) is 0 Å². The minimum absolute atomic E-state index is 0.0526. The Labute approximate surface area is 164 Å². The number of nitrogens with two attached hydrogens (primary N) is 1. The summed E-state index contributed by atoms with van der Waals surface area (Å²) in [6, 6.07) is 8.99. The Morgan fingerprint density at radius 1 is 1.31 bits per heavy atom. The lowest BCUT2D eigenvalue weighted by atomic mass is 10.1. The molecule has 10 heteroatoms. The molecule has 0 spiro atoms. The second-order valence-corrected chi connectivity index (χ2v) is 6.19. The summed E-state index contributed by atoms with van der Waals surface area (Å²) in [5, 5.41) is 11.5. The van der Waals surface area contributed by atoms with Crippen LogP contribution in [0.15, 0.2) is 55.4 Å². The minimum Gasteiger partial charge on any atom is -0.436 e. The maximum absolute atomic E-state index is 14.3. The van der Waals surface area contributed by atoms with E-state index in [1.54, 1.807) is 42.3 Å². The number of hydrogen-bond donors (Lipinski definition) is 2. The molecule has 0 atom stereocenters. The van der Waals surface area contributed by atoms with Gasteiger partial charge in [-0.15, -0.1) is 5.10 Å². The molecule has 1 amide bonds. The van der Waals surface area contributed by atoms with E-state index in [-0.39, 0.29) is 17.2 Å². The number of benzene rings is 1. The zero-order valence-corrected chi connectivity index (χ0v) is 15.3. The Morgan fingerprint density at radius 3 is 2.86 bits per heavy atom. The number of anilines is 2. The van der Waals surface area contributed by atoms with Crippen molar-refractivity contribution in [2.45, 2.75) is 0 Å². The van der Waals surface area contributed by atoms with Crippen LogP contribution in [0.5, 0.6) is 11.6 Å². The molecule has 0 saturated heterocycles. The van der Waals surface area contributed by atoms with Gasteiger partial charge >= 0.3 is 0 Å². The quantitative estimate of drug-likeness (QED) is 0.487. The summed E-state index contributed by atoms with van der Waals surface area (Å²) in [5.74, 6) is -0.862. The number of carbonyl (C=O) groups is 1. The highest BCUT2D eigenvalue weighted by molar-refractivity contribution is 6.17. The molecule has 3 aromatic heterocycles. The van der Waals surface area contributed by atoms with E-state index in [1.807, 2.05) is 0 Å². The molecule has 3 N–H and O–H groups in total. The summed E-state index contributed by atoms with van der Waals surface area (Å²) in [6.45, 7) is 3.60. The molecule has 4 aromatic rings. The van der Waals surface area contributed by atoms with Gasteiger partial charge in [0.15, 0.2) is 17.2 Å². The fourth-order valence-corrected chi connectivity index (χ4v) is 2.65. The van der Waals surface area contributed by atoms with Crippen LogP contribution in [-0.4, -0.2) is 30.3 Å². The summed E-state index contributed by atoms with van der Waals surface area (Å²) in [6.07, 6.45) is 3.41. The molecule has 0 fully saturated rings. The number of aromatic nitrogens is 5. The van der Waals surface area contributed by atoms with E-state index in [1.165, 1.54) is 22.7 Å². The van der Waals surface area contributed by atoms with E-state index in [0.29, 0.717) is 17.2 Å². The average molecular weight is 393 g/mol. The number of fused-ring (bicyclic) bond motifs is 1. The molecule has 0 saturated carbocycles. The smallest absolute Gasteiger partial charge is 0.248 e. The number of pyridine rings is 1. The van der Waals surface area contributed by atoms with Gasteiger partial charge in [-0.3, -0.25) is 9.48 Å². The Balaban J connectivity index is 1.67. The summed E-state index contributed by atoms with van der Waals surface area (Å²) in [5.41, 5.74) is 6.86. The highest BCUT2D eigenvalue weighted by Crippen LogP contribution is 2.28. The lowest BCUT2D eigenvalue weighted by molar-refractivity contribution is -0.112. The molecular weight excluding hydrogens is 377 g/mol. The van der Waals surface area contributed by atoms with Crippen molar-refractivity contribution in [3.8, 4) is 11.6 Å². The molecule has 1 aromatic carbocycles. The minimum atomic E-state index is -0.702. The first-order chi connectivity index (χ1) is 13.9. The Bertz CT molecular complexity index is 1240. The number of hydrogen-bond acceptors (Lipinski definition) is 6. The maximum atomic E-state index is 14.3. The molecule has 0 radical (unpaired) electrons. The molecular formula is C19H16FN7O2. The second kappa shape index (κ2) is 7.08. The molecule has 3 heterocycles. The highest BCUT2D eigenvalue weighted by atomic mass is 19.1. The number of amides is 1. The van der Waals surface area contributed by atoms with Crippen LogP contribution in [0.3, 0.4) is 0 Å². The van der Waals surface area contributed by atoms with Crippen molar-refractivity contribution < 1.29 is 13.9 Å². The van der Waals surface area contributed by atoms with E-state index in [4.69, 9.17) is 10.5 Å². The number of rotatable bonds is 6. The van der Waals surface area contributed by atoms with Gasteiger partial charge in [-0.2, -0.15) is 14.6 Å². The van der Waals surface area contributed by atoms with Gasteiger partial charge in [-0.05, 0) is 23.8 Å². The first kappa shape index (κ1) is 18.2. The van der Waals surface area contributed by atoms with Gasteiger partial charge in [0.25, 0.3) is 0 Å². The van der Waals surface area contributed by atoms with Gasteiger partial charge < -0.3 is 15.8 Å². The predicted molar refractivity (Wildman–Crippen MR) is 104 cm³/mol. The van der Waals surface area contributed by atoms with Gasteiger partial charge in [-0.1, -0.05) is 18.7 Å². The Morgan fingerprint density at radius 2 is 2.14 bits per heavy atom. The van der Waals surface area contributed by atoms with Crippen molar-refractivity contribution in [2.75, 3.05) is 5.32 Å². The van der Waals surface area contributed by atoms with E-state index in [0.717, 1.165) is 5.69 Å². The van der Waals surface area contributed by atoms with Gasteiger partial charge in [0.1, 0.15) is 0 Å². The lowest BCUT2D eigenvalue weighted by Gasteiger charge is -2.10. The number of nitrogens with zero attached hydrogens (tertiary/aromatic N) is 5. The third-order valence-corrected chi connectivity index (χ3v) is 4.08. The van der Waals surface area contributed by atoms with E-state index in [2.05, 4.69) is 27.1 Å². The zero-order valence-electron chi connectivity index (χ0n) is 15.3. The number of halogens is 1. The normalized spacial score (nSPS) is 10.8. The van der Waals surface area contributed by atoms with Crippen molar-refractivity contribution in [1.29, 1.82) is 0 Å². The summed E-state index contributed by atoms with van der Waals surface area (Å²) in [7, 11) is 1.80. The Kier molecular flexibility index (Phi) is 4.43. The lowest BCUT2D eigenvalue weighted by Crippen LogP contribution is -2.12. The van der Waals surface area contributed by atoms with Crippen LogP contribution >= 0.6 is 0 Å². The summed E-state index contributed by atoms with van der Waals surface area (Å²) < 4.78 is 23.1. The van der Waals surface area contributed by atoms with Gasteiger partial charge in [-0.25, -0.2) is 4.39 Å². The molecule has 0 aliphatic carbocycles. The third-order valence-electron chi connectivity index (χ3n) is 4.08. The van der Waals surface area contributed by atoms with Crippen molar-refractivity contribution in [3.63, 3.8) is 0 Å². The van der Waals surface area contributed by atoms with Crippen LogP contribution in [0, 0.1) is 5.82 Å². The van der Waals surface area contributed by atoms with Gasteiger partial charge in [0, 0.05) is 24.9 Å². The number of carbonyl (C=O) groups excluding carboxylic acids is 1. The topological polar surface area (TPSA) is 112 Å². The standard InChI is InChI=1S/C19H16FN7O2/c1-11(18(21)28)12-6-7-14(20)15(8-12)29-17-5-3-4-16-24-19(25-27(16)17)23-13-9-22-26(2)10-13/h3-10H,1H2,2H3,(H2,21,28)(H,23,25). The molecule has 4 rings (SSSR count). The average Bonchev–Trinajstić information content (AvgIpc) is 3.29. The highest BCUT2D eigenvalue weighted by Gasteiger charge is 2.14. The Hall–Kier alpha value is -4.21. The monoisotopic (exact) mass is 393 g/mol. The fraction of sp³-hybridized carbons (Fsp3) is 0.0526. The van der Waals surface area contributed by atoms with Crippen LogP contribution in [0.25, 0.3) is 11.2 Å². The molecule has 0 aliphatic heterocycles. The fourth-order valence-electron chi connectivity index (χ4n) is 2.65. The number of nitrogens with one attached hydrogen (secondary N) is 1.